The summed E-state index contributed by atoms with van der Waals surface area (Å²) in [7, 11) is -2.12. The minimum Gasteiger partial charge on any atom is -0.492 e. The number of benzene rings is 2. The van der Waals surface area contributed by atoms with Gasteiger partial charge in [0, 0.05) is 12.7 Å². The van der Waals surface area contributed by atoms with Crippen LogP contribution in [0.3, 0.4) is 0 Å². The largest absolute Gasteiger partial charge is 0.492 e. The van der Waals surface area contributed by atoms with Gasteiger partial charge in [0.2, 0.25) is 0 Å². The summed E-state index contributed by atoms with van der Waals surface area (Å²) in [4.78, 5) is 11.2. The second kappa shape index (κ2) is 9.90. The molecule has 0 spiro atoms. The molecule has 0 heterocycles. The molecule has 0 saturated carbocycles. The highest BCUT2D eigenvalue weighted by Crippen LogP contribution is 2.30. The summed E-state index contributed by atoms with van der Waals surface area (Å²) >= 11 is 0. The van der Waals surface area contributed by atoms with E-state index in [0.29, 0.717) is 37.2 Å². The van der Waals surface area contributed by atoms with E-state index in [1.54, 1.807) is 42.5 Å². The number of rotatable bonds is 9. The van der Waals surface area contributed by atoms with Crippen molar-refractivity contribution in [3.05, 3.63) is 48.0 Å². The van der Waals surface area contributed by atoms with Gasteiger partial charge in [-0.25, -0.2) is 8.42 Å². The third-order valence-electron chi connectivity index (χ3n) is 4.20. The van der Waals surface area contributed by atoms with E-state index in [9.17, 15) is 13.2 Å². The van der Waals surface area contributed by atoms with Gasteiger partial charge in [0.05, 0.1) is 25.3 Å². The Labute approximate surface area is 165 Å². The zero-order valence-corrected chi connectivity index (χ0v) is 16.8. The number of hydrogen-bond acceptors (Lipinski definition) is 6. The van der Waals surface area contributed by atoms with Crippen molar-refractivity contribution in [1.29, 1.82) is 5.26 Å². The molecule has 0 unspecified atom stereocenters. The Kier molecular flexibility index (Phi) is 7.59. The molecule has 0 aliphatic carbocycles. The molecular formula is C21H23NO5S. The maximum atomic E-state index is 12.2. The standard InChI is InChI=1S/C21H23NO5S/c1-26-21(23)6-4-3-5-13-27-19-12-11-18(14-20(19)28(2,24)25)17-9-7-16(15-22)8-10-17/h7-12,14H,3-6,13H2,1-2H3. The zero-order valence-electron chi connectivity index (χ0n) is 16.0. The lowest BCUT2D eigenvalue weighted by atomic mass is 10.0. The van der Waals surface area contributed by atoms with Crippen LogP contribution in [0.5, 0.6) is 5.75 Å². The number of unbranched alkanes of at least 4 members (excludes halogenated alkanes) is 2. The maximum absolute atomic E-state index is 12.2. The summed E-state index contributed by atoms with van der Waals surface area (Å²) in [5, 5.41) is 8.89. The molecule has 2 aromatic carbocycles. The number of sulfone groups is 1. The lowest BCUT2D eigenvalue weighted by Crippen LogP contribution is -2.05. The molecule has 2 aromatic rings. The average Bonchev–Trinajstić information content (AvgIpc) is 2.69. The summed E-state index contributed by atoms with van der Waals surface area (Å²) in [6.45, 7) is 0.361. The first-order valence-corrected chi connectivity index (χ1v) is 10.8. The highest BCUT2D eigenvalue weighted by Gasteiger charge is 2.16. The zero-order chi connectivity index (χ0) is 20.6. The Morgan fingerprint density at radius 1 is 1.04 bits per heavy atom. The minimum atomic E-state index is -3.48. The van der Waals surface area contributed by atoms with Crippen LogP contribution in [0, 0.1) is 11.3 Å². The molecule has 7 heteroatoms. The van der Waals surface area contributed by atoms with Crippen molar-refractivity contribution in [1.82, 2.24) is 0 Å². The van der Waals surface area contributed by atoms with Gasteiger partial charge in [-0.1, -0.05) is 18.2 Å². The Morgan fingerprint density at radius 3 is 2.32 bits per heavy atom. The molecule has 28 heavy (non-hydrogen) atoms. The van der Waals surface area contributed by atoms with Crippen molar-refractivity contribution >= 4 is 15.8 Å². The summed E-state index contributed by atoms with van der Waals surface area (Å²) in [5.74, 6) is 0.0755. The van der Waals surface area contributed by atoms with Crippen molar-refractivity contribution in [2.24, 2.45) is 0 Å². The van der Waals surface area contributed by atoms with Crippen LogP contribution in [0.25, 0.3) is 11.1 Å². The van der Waals surface area contributed by atoms with Crippen LogP contribution in [0.15, 0.2) is 47.4 Å². The lowest BCUT2D eigenvalue weighted by molar-refractivity contribution is -0.140. The van der Waals surface area contributed by atoms with E-state index in [4.69, 9.17) is 10.00 Å². The van der Waals surface area contributed by atoms with Gasteiger partial charge < -0.3 is 9.47 Å². The Balaban J connectivity index is 2.08. The predicted octanol–water partition coefficient (Wildman–Crippen LogP) is 3.74. The van der Waals surface area contributed by atoms with E-state index in [1.807, 2.05) is 0 Å². The molecule has 0 bridgehead atoms. The van der Waals surface area contributed by atoms with Gasteiger partial charge in [-0.3, -0.25) is 4.79 Å². The molecule has 0 aliphatic heterocycles. The normalized spacial score (nSPS) is 10.9. The van der Waals surface area contributed by atoms with Crippen LogP contribution >= 0.6 is 0 Å². The van der Waals surface area contributed by atoms with Crippen LogP contribution in [-0.2, 0) is 19.4 Å². The molecule has 2 rings (SSSR count). The summed E-state index contributed by atoms with van der Waals surface area (Å²) in [6, 6.07) is 14.0. The average molecular weight is 401 g/mol. The molecule has 0 N–H and O–H groups in total. The second-order valence-electron chi connectivity index (χ2n) is 6.36. The molecule has 0 aliphatic rings. The van der Waals surface area contributed by atoms with Crippen molar-refractivity contribution in [3.8, 4) is 22.9 Å². The van der Waals surface area contributed by atoms with Crippen LogP contribution in [-0.4, -0.2) is 34.4 Å². The minimum absolute atomic E-state index is 0.129. The van der Waals surface area contributed by atoms with E-state index < -0.39 is 9.84 Å². The monoisotopic (exact) mass is 401 g/mol. The van der Waals surface area contributed by atoms with Gasteiger partial charge in [0.1, 0.15) is 10.6 Å². The Hall–Kier alpha value is -2.85. The lowest BCUT2D eigenvalue weighted by Gasteiger charge is -2.12. The Bertz CT molecular complexity index is 959. The van der Waals surface area contributed by atoms with E-state index in [1.165, 1.54) is 7.11 Å². The SMILES string of the molecule is COC(=O)CCCCCOc1ccc(-c2ccc(C#N)cc2)cc1S(C)(=O)=O. The maximum Gasteiger partial charge on any atom is 0.305 e. The van der Waals surface area contributed by atoms with Crippen molar-refractivity contribution < 1.29 is 22.7 Å². The third-order valence-corrected chi connectivity index (χ3v) is 5.32. The van der Waals surface area contributed by atoms with E-state index in [2.05, 4.69) is 10.8 Å². The van der Waals surface area contributed by atoms with Gasteiger partial charge >= 0.3 is 5.97 Å². The number of carbonyl (C=O) groups is 1. The molecule has 0 radical (unpaired) electrons. The summed E-state index contributed by atoms with van der Waals surface area (Å²) in [6.07, 6.45) is 3.70. The predicted molar refractivity (Wildman–Crippen MR) is 106 cm³/mol. The summed E-state index contributed by atoms with van der Waals surface area (Å²) in [5.41, 5.74) is 2.09. The topological polar surface area (TPSA) is 93.5 Å². The molecule has 6 nitrogen and oxygen atoms in total. The van der Waals surface area contributed by atoms with Crippen LogP contribution in [0.4, 0.5) is 0 Å². The number of ether oxygens (including phenoxy) is 2. The highest BCUT2D eigenvalue weighted by molar-refractivity contribution is 7.90. The quantitative estimate of drug-likeness (QED) is 0.469. The van der Waals surface area contributed by atoms with Crippen molar-refractivity contribution in [2.75, 3.05) is 20.0 Å². The first-order valence-electron chi connectivity index (χ1n) is 8.89. The summed E-state index contributed by atoms with van der Waals surface area (Å²) < 4.78 is 34.7. The highest BCUT2D eigenvalue weighted by atomic mass is 32.2. The van der Waals surface area contributed by atoms with E-state index >= 15 is 0 Å². The molecule has 0 aromatic heterocycles. The fraction of sp³-hybridized carbons (Fsp3) is 0.333. The van der Waals surface area contributed by atoms with Gasteiger partial charge in [0.25, 0.3) is 0 Å². The molecule has 0 fully saturated rings. The fourth-order valence-electron chi connectivity index (χ4n) is 2.67. The van der Waals surface area contributed by atoms with Gasteiger partial charge in [-0.2, -0.15) is 5.26 Å². The second-order valence-corrected chi connectivity index (χ2v) is 8.34. The first-order chi connectivity index (χ1) is 13.3. The van der Waals surface area contributed by atoms with Crippen LogP contribution in [0.2, 0.25) is 0 Å². The Morgan fingerprint density at radius 2 is 1.71 bits per heavy atom. The number of hydrogen-bond donors (Lipinski definition) is 0. The van der Waals surface area contributed by atoms with Crippen molar-refractivity contribution in [3.63, 3.8) is 0 Å². The number of carbonyl (C=O) groups excluding carboxylic acids is 1. The molecule has 0 amide bonds. The molecular weight excluding hydrogens is 378 g/mol. The number of methoxy groups -OCH3 is 1. The van der Waals surface area contributed by atoms with Crippen LogP contribution in [0.1, 0.15) is 31.2 Å². The smallest absolute Gasteiger partial charge is 0.305 e. The van der Waals surface area contributed by atoms with Gasteiger partial charge in [0.15, 0.2) is 9.84 Å². The third kappa shape index (κ3) is 6.10. The molecule has 0 atom stereocenters. The first kappa shape index (κ1) is 21.5. The molecule has 0 saturated heterocycles. The number of nitriles is 1. The fourth-order valence-corrected chi connectivity index (χ4v) is 3.50. The number of esters is 1. The van der Waals surface area contributed by atoms with Crippen LogP contribution < -0.4 is 4.74 Å². The van der Waals surface area contributed by atoms with Gasteiger partial charge in [-0.15, -0.1) is 0 Å². The van der Waals surface area contributed by atoms with E-state index in [-0.39, 0.29) is 10.9 Å². The van der Waals surface area contributed by atoms with E-state index in [0.717, 1.165) is 23.8 Å². The van der Waals surface area contributed by atoms with Gasteiger partial charge in [-0.05, 0) is 54.7 Å². The molecule has 148 valence electrons. The van der Waals surface area contributed by atoms with Crippen molar-refractivity contribution in [2.45, 2.75) is 30.6 Å². The number of nitrogens with zero attached hydrogens (tertiary/aromatic N) is 1.